The summed E-state index contributed by atoms with van der Waals surface area (Å²) in [5, 5.41) is 0. The number of carbonyl (C=O) groups is 2. The molecule has 6 heteroatoms. The minimum Gasteiger partial charge on any atom is -0.399 e. The van der Waals surface area contributed by atoms with Gasteiger partial charge >= 0.3 is 0 Å². The largest absolute Gasteiger partial charge is 0.399 e. The molecule has 2 amide bonds. The van der Waals surface area contributed by atoms with Crippen LogP contribution in [0.3, 0.4) is 0 Å². The number of halogens is 1. The molecule has 0 saturated carbocycles. The number of nitrogens with two attached hydrogens (primary N) is 2. The maximum atomic E-state index is 12.1. The Morgan fingerprint density at radius 2 is 1.85 bits per heavy atom. The van der Waals surface area contributed by atoms with Crippen molar-refractivity contribution >= 4 is 29.9 Å². The second kappa shape index (κ2) is 8.43. The van der Waals surface area contributed by atoms with Gasteiger partial charge in [0.15, 0.2) is 0 Å². The third kappa shape index (κ3) is 5.48. The number of hydrogen-bond acceptors (Lipinski definition) is 3. The molecule has 1 aromatic rings. The Bertz CT molecular complexity index is 463. The lowest BCUT2D eigenvalue weighted by atomic mass is 10.1. The van der Waals surface area contributed by atoms with E-state index in [9.17, 15) is 9.59 Å². The van der Waals surface area contributed by atoms with Crippen LogP contribution in [0.4, 0.5) is 5.69 Å². The molecular formula is C14H22ClN3O2. The predicted molar refractivity (Wildman–Crippen MR) is 82.5 cm³/mol. The number of amides is 2. The van der Waals surface area contributed by atoms with E-state index in [2.05, 4.69) is 0 Å². The first-order chi connectivity index (χ1) is 8.91. The van der Waals surface area contributed by atoms with Crippen LogP contribution in [0.15, 0.2) is 24.3 Å². The molecule has 0 spiro atoms. The predicted octanol–water partition coefficient (Wildman–Crippen LogP) is 1.35. The molecule has 0 aromatic heterocycles. The van der Waals surface area contributed by atoms with Crippen LogP contribution >= 0.6 is 12.4 Å². The maximum absolute atomic E-state index is 12.1. The molecule has 0 aliphatic rings. The summed E-state index contributed by atoms with van der Waals surface area (Å²) in [6.07, 6.45) is 0.882. The Labute approximate surface area is 125 Å². The smallest absolute Gasteiger partial charge is 0.237 e. The van der Waals surface area contributed by atoms with Gasteiger partial charge < -0.3 is 16.4 Å². The summed E-state index contributed by atoms with van der Waals surface area (Å²) in [7, 11) is 0. The Balaban J connectivity index is 0.00000361. The van der Waals surface area contributed by atoms with E-state index in [1.807, 2.05) is 38.1 Å². The number of nitrogen functional groups attached to an aromatic ring is 1. The van der Waals surface area contributed by atoms with Gasteiger partial charge in [-0.15, -0.1) is 12.4 Å². The summed E-state index contributed by atoms with van der Waals surface area (Å²) in [5.41, 5.74) is 12.6. The molecule has 1 rings (SSSR count). The van der Waals surface area contributed by atoms with Crippen LogP contribution in [0.5, 0.6) is 0 Å². The SMILES string of the molecule is CC(C)N(CC(N)=O)C(=O)CCc1ccccc1N.Cl. The van der Waals surface area contributed by atoms with Crippen LogP contribution in [0, 0.1) is 0 Å². The average molecular weight is 300 g/mol. The van der Waals surface area contributed by atoms with E-state index in [1.165, 1.54) is 4.90 Å². The van der Waals surface area contributed by atoms with Crippen molar-refractivity contribution in [2.24, 2.45) is 5.73 Å². The summed E-state index contributed by atoms with van der Waals surface area (Å²) in [4.78, 5) is 24.5. The van der Waals surface area contributed by atoms with E-state index in [1.54, 1.807) is 0 Å². The lowest BCUT2D eigenvalue weighted by Gasteiger charge is -2.25. The number of nitrogens with zero attached hydrogens (tertiary/aromatic N) is 1. The van der Waals surface area contributed by atoms with E-state index in [0.29, 0.717) is 18.5 Å². The first kappa shape index (κ1) is 18.2. The van der Waals surface area contributed by atoms with Crippen molar-refractivity contribution in [1.29, 1.82) is 0 Å². The third-order valence-electron chi connectivity index (χ3n) is 2.93. The molecule has 112 valence electrons. The topological polar surface area (TPSA) is 89.4 Å². The highest BCUT2D eigenvalue weighted by molar-refractivity contribution is 5.85. The normalized spacial score (nSPS) is 9.95. The molecule has 4 N–H and O–H groups in total. The molecule has 0 unspecified atom stereocenters. The molecule has 0 aliphatic heterocycles. The zero-order valence-corrected chi connectivity index (χ0v) is 12.7. The van der Waals surface area contributed by atoms with Crippen molar-refractivity contribution < 1.29 is 9.59 Å². The maximum Gasteiger partial charge on any atom is 0.237 e. The fraction of sp³-hybridized carbons (Fsp3) is 0.429. The summed E-state index contributed by atoms with van der Waals surface area (Å²) < 4.78 is 0. The average Bonchev–Trinajstić information content (AvgIpc) is 2.34. The summed E-state index contributed by atoms with van der Waals surface area (Å²) >= 11 is 0. The molecule has 0 radical (unpaired) electrons. The van der Waals surface area contributed by atoms with E-state index in [-0.39, 0.29) is 30.9 Å². The van der Waals surface area contributed by atoms with Crippen LogP contribution in [-0.2, 0) is 16.0 Å². The second-order valence-corrected chi connectivity index (χ2v) is 4.78. The number of rotatable bonds is 6. The van der Waals surface area contributed by atoms with Crippen molar-refractivity contribution in [3.63, 3.8) is 0 Å². The molecule has 0 saturated heterocycles. The van der Waals surface area contributed by atoms with E-state index >= 15 is 0 Å². The number of para-hydroxylation sites is 1. The van der Waals surface area contributed by atoms with Crippen LogP contribution in [0.25, 0.3) is 0 Å². The fourth-order valence-electron chi connectivity index (χ4n) is 1.87. The van der Waals surface area contributed by atoms with Crippen molar-refractivity contribution in [2.75, 3.05) is 12.3 Å². The van der Waals surface area contributed by atoms with Crippen molar-refractivity contribution in [2.45, 2.75) is 32.7 Å². The first-order valence-electron chi connectivity index (χ1n) is 6.33. The van der Waals surface area contributed by atoms with E-state index < -0.39 is 5.91 Å². The van der Waals surface area contributed by atoms with Gasteiger partial charge in [-0.1, -0.05) is 18.2 Å². The number of primary amides is 1. The molecular weight excluding hydrogens is 278 g/mol. The minimum absolute atomic E-state index is 0. The summed E-state index contributed by atoms with van der Waals surface area (Å²) in [6, 6.07) is 7.40. The number of carbonyl (C=O) groups excluding carboxylic acids is 2. The van der Waals surface area contributed by atoms with Crippen molar-refractivity contribution in [3.8, 4) is 0 Å². The van der Waals surface area contributed by atoms with Crippen LogP contribution < -0.4 is 11.5 Å². The van der Waals surface area contributed by atoms with E-state index in [4.69, 9.17) is 11.5 Å². The van der Waals surface area contributed by atoms with Crippen LogP contribution in [-0.4, -0.2) is 29.3 Å². The van der Waals surface area contributed by atoms with E-state index in [0.717, 1.165) is 5.56 Å². The van der Waals surface area contributed by atoms with Crippen molar-refractivity contribution in [3.05, 3.63) is 29.8 Å². The number of hydrogen-bond donors (Lipinski definition) is 2. The second-order valence-electron chi connectivity index (χ2n) is 4.78. The Kier molecular flexibility index (Phi) is 7.69. The van der Waals surface area contributed by atoms with Gasteiger partial charge in [0.1, 0.15) is 0 Å². The molecule has 0 bridgehead atoms. The van der Waals surface area contributed by atoms with Gasteiger partial charge in [-0.3, -0.25) is 9.59 Å². The zero-order valence-electron chi connectivity index (χ0n) is 11.8. The molecule has 0 heterocycles. The monoisotopic (exact) mass is 299 g/mol. The lowest BCUT2D eigenvalue weighted by Crippen LogP contribution is -2.42. The quantitative estimate of drug-likeness (QED) is 0.777. The fourth-order valence-corrected chi connectivity index (χ4v) is 1.87. The molecule has 0 fully saturated rings. The van der Waals surface area contributed by atoms with Gasteiger partial charge in [0.25, 0.3) is 0 Å². The van der Waals surface area contributed by atoms with Crippen LogP contribution in [0.1, 0.15) is 25.8 Å². The lowest BCUT2D eigenvalue weighted by molar-refractivity contribution is -0.136. The first-order valence-corrected chi connectivity index (χ1v) is 6.33. The molecule has 1 aromatic carbocycles. The Morgan fingerprint density at radius 1 is 1.25 bits per heavy atom. The van der Waals surface area contributed by atoms with Crippen molar-refractivity contribution in [1.82, 2.24) is 4.90 Å². The Morgan fingerprint density at radius 3 is 2.35 bits per heavy atom. The molecule has 5 nitrogen and oxygen atoms in total. The zero-order chi connectivity index (χ0) is 14.4. The standard InChI is InChI=1S/C14H21N3O2.ClH/c1-10(2)17(9-13(16)18)14(19)8-7-11-5-3-4-6-12(11)15;/h3-6,10H,7-9,15H2,1-2H3,(H2,16,18);1H. The number of aryl methyl sites for hydroxylation is 1. The third-order valence-corrected chi connectivity index (χ3v) is 2.93. The van der Waals surface area contributed by atoms with Crippen LogP contribution in [0.2, 0.25) is 0 Å². The summed E-state index contributed by atoms with van der Waals surface area (Å²) in [5.74, 6) is -0.585. The van der Waals surface area contributed by atoms with Gasteiger partial charge in [0.05, 0.1) is 6.54 Å². The number of benzene rings is 1. The summed E-state index contributed by atoms with van der Waals surface area (Å²) in [6.45, 7) is 3.68. The highest BCUT2D eigenvalue weighted by Crippen LogP contribution is 2.14. The van der Waals surface area contributed by atoms with Gasteiger partial charge in [-0.2, -0.15) is 0 Å². The molecule has 20 heavy (non-hydrogen) atoms. The van der Waals surface area contributed by atoms with Gasteiger partial charge in [0.2, 0.25) is 11.8 Å². The van der Waals surface area contributed by atoms with Gasteiger partial charge in [-0.25, -0.2) is 0 Å². The number of anilines is 1. The highest BCUT2D eigenvalue weighted by Gasteiger charge is 2.18. The minimum atomic E-state index is -0.499. The molecule has 0 aliphatic carbocycles. The molecule has 0 atom stereocenters. The highest BCUT2D eigenvalue weighted by atomic mass is 35.5. The van der Waals surface area contributed by atoms with Gasteiger partial charge in [-0.05, 0) is 31.9 Å². The van der Waals surface area contributed by atoms with Gasteiger partial charge in [0, 0.05) is 18.2 Å². The Hall–Kier alpha value is -1.75.